The Kier molecular flexibility index (Phi) is 3.60. The summed E-state index contributed by atoms with van der Waals surface area (Å²) in [6.45, 7) is 2.94. The molecular formula is CH4BOP. The minimum atomic E-state index is 0.929. The zero-order valence-corrected chi connectivity index (χ0v) is 3.37. The molecule has 0 atom stereocenters. The van der Waals surface area contributed by atoms with E-state index < -0.39 is 0 Å². The van der Waals surface area contributed by atoms with Gasteiger partial charge in [-0.2, -0.15) is 0 Å². The van der Waals surface area contributed by atoms with Gasteiger partial charge in [0.05, 0.1) is 0 Å². The van der Waals surface area contributed by atoms with Gasteiger partial charge in [-0.25, -0.2) is 0 Å². The molecule has 0 saturated carbocycles. The molecule has 3 heteroatoms. The van der Waals surface area contributed by atoms with Gasteiger partial charge in [-0.3, -0.25) is 0 Å². The van der Waals surface area contributed by atoms with Gasteiger partial charge in [0, 0.05) is 0 Å². The Balaban J connectivity index is 2.55. The molecule has 0 unspecified atom stereocenters. The maximum atomic E-state index is 7.74. The van der Waals surface area contributed by atoms with Crippen molar-refractivity contribution in [3.8, 4) is 0 Å². The van der Waals surface area contributed by atoms with Crippen LogP contribution in [0.25, 0.3) is 0 Å². The summed E-state index contributed by atoms with van der Waals surface area (Å²) in [6, 6.07) is 0. The summed E-state index contributed by atoms with van der Waals surface area (Å²) in [5, 5.41) is 7.74. The fourth-order valence-corrected chi connectivity index (χ4v) is 0. The molecule has 0 aliphatic carbocycles. The second-order valence-corrected chi connectivity index (χ2v) is 1.12. The van der Waals surface area contributed by atoms with E-state index in [-0.39, 0.29) is 0 Å². The molecule has 4 heavy (non-hydrogen) atoms. The Morgan fingerprint density at radius 3 is 2.25 bits per heavy atom. The second kappa shape index (κ2) is 3.32. The number of hydrogen-bond acceptors (Lipinski definition) is 0. The average Bonchev–Trinajstić information content (AvgIpc) is 1.37. The van der Waals surface area contributed by atoms with Crippen molar-refractivity contribution in [1.29, 1.82) is 0 Å². The molecule has 0 amide bonds. The van der Waals surface area contributed by atoms with E-state index in [1.54, 1.807) is 0 Å². The van der Waals surface area contributed by atoms with Gasteiger partial charge >= 0.3 is 26.6 Å². The summed E-state index contributed by atoms with van der Waals surface area (Å²) in [7, 11) is 0.929. The van der Waals surface area contributed by atoms with Crippen LogP contribution >= 0.6 is 8.07 Å². The summed E-state index contributed by atoms with van der Waals surface area (Å²) < 4.78 is 0. The predicted molar refractivity (Wildman–Crippen MR) is 20.8 cm³/mol. The van der Waals surface area contributed by atoms with Crippen LogP contribution in [0.3, 0.4) is 0 Å². The van der Waals surface area contributed by atoms with Crippen molar-refractivity contribution in [3.05, 3.63) is 0 Å². The molecule has 0 radical (unpaired) electrons. The van der Waals surface area contributed by atoms with Crippen molar-refractivity contribution in [2.75, 3.05) is 6.66 Å². The summed E-state index contributed by atoms with van der Waals surface area (Å²) in [6.07, 6.45) is 0. The Labute approximate surface area is 27.7 Å². The van der Waals surface area contributed by atoms with Gasteiger partial charge in [0.15, 0.2) is 0 Å². The first-order chi connectivity index (χ1) is 1.91. The molecule has 0 aliphatic rings. The quantitative estimate of drug-likeness (QED) is 0.319. The Morgan fingerprint density at radius 2 is 2.25 bits per heavy atom. The van der Waals surface area contributed by atoms with Crippen molar-refractivity contribution in [2.24, 2.45) is 0 Å². The van der Waals surface area contributed by atoms with Crippen LogP contribution in [0.5, 0.6) is 0 Å². The van der Waals surface area contributed by atoms with Gasteiger partial charge in [-0.15, -0.1) is 0 Å². The van der Waals surface area contributed by atoms with Crippen molar-refractivity contribution in [1.82, 2.24) is 0 Å². The molecule has 0 heterocycles. The van der Waals surface area contributed by atoms with Crippen LogP contribution in [-0.2, 0) is 0 Å². The van der Waals surface area contributed by atoms with Crippen LogP contribution in [0.15, 0.2) is 0 Å². The SMILES string of the molecule is CP=BO. The molecule has 0 fully saturated rings. The molecule has 0 spiro atoms. The van der Waals surface area contributed by atoms with Crippen LogP contribution in [0.4, 0.5) is 0 Å². The van der Waals surface area contributed by atoms with E-state index in [0.29, 0.717) is 0 Å². The molecule has 0 saturated heterocycles. The maximum absolute atomic E-state index is 7.74. The molecule has 22 valence electrons. The second-order valence-electron chi connectivity index (χ2n) is 0.374. The van der Waals surface area contributed by atoms with Crippen molar-refractivity contribution >= 4 is 14.9 Å². The molecule has 0 aliphatic heterocycles. The monoisotopic (exact) mass is 74.0 g/mol. The van der Waals surface area contributed by atoms with Crippen molar-refractivity contribution < 1.29 is 5.02 Å². The predicted octanol–water partition coefficient (Wildman–Crippen LogP) is 0.0889. The molecule has 0 aromatic rings. The third kappa shape index (κ3) is 2.32. The molecule has 1 nitrogen and oxygen atoms in total. The van der Waals surface area contributed by atoms with Gasteiger partial charge in [0.2, 0.25) is 0 Å². The average molecular weight is 73.8 g/mol. The third-order valence-corrected chi connectivity index (χ3v) is 0.346. The molecule has 0 rings (SSSR count). The molecular weight excluding hydrogens is 69.8 g/mol. The van der Waals surface area contributed by atoms with Gasteiger partial charge in [-0.05, 0) is 0 Å². The summed E-state index contributed by atoms with van der Waals surface area (Å²) >= 11 is 0. The summed E-state index contributed by atoms with van der Waals surface area (Å²) in [4.78, 5) is 0. The van der Waals surface area contributed by atoms with E-state index >= 15 is 0 Å². The van der Waals surface area contributed by atoms with E-state index in [2.05, 4.69) is 0 Å². The summed E-state index contributed by atoms with van der Waals surface area (Å²) in [5.41, 5.74) is 0. The van der Waals surface area contributed by atoms with E-state index in [4.69, 9.17) is 5.02 Å². The zero-order chi connectivity index (χ0) is 3.41. The van der Waals surface area contributed by atoms with Gasteiger partial charge < -0.3 is 0 Å². The molecule has 0 bridgehead atoms. The first-order valence-corrected chi connectivity index (χ1v) is 2.37. The molecule has 0 aromatic carbocycles. The van der Waals surface area contributed by atoms with Gasteiger partial charge in [0.1, 0.15) is 0 Å². The minimum absolute atomic E-state index is 0.929. The summed E-state index contributed by atoms with van der Waals surface area (Å²) in [5.74, 6) is 0. The van der Waals surface area contributed by atoms with E-state index in [9.17, 15) is 0 Å². The first kappa shape index (κ1) is 4.32. The Morgan fingerprint density at radius 1 is 2.00 bits per heavy atom. The normalized spacial score (nSPS) is 7.50. The fraction of sp³-hybridized carbons (Fsp3) is 1.00. The first-order valence-electron chi connectivity index (χ1n) is 0.964. The Bertz CT molecular complexity index is 23.2. The van der Waals surface area contributed by atoms with Crippen LogP contribution in [-0.4, -0.2) is 18.5 Å². The van der Waals surface area contributed by atoms with Crippen molar-refractivity contribution in [2.45, 2.75) is 0 Å². The van der Waals surface area contributed by atoms with Gasteiger partial charge in [0.25, 0.3) is 0 Å². The number of rotatable bonds is 0. The standard InChI is InChI=1S/CH4BOP/c1-4-2-3/h3H,1H3. The van der Waals surface area contributed by atoms with E-state index in [1.165, 1.54) is 0 Å². The Hall–Kier alpha value is 0.325. The fourth-order valence-electron chi connectivity index (χ4n) is 0. The molecule has 1 N–H and O–H groups in total. The van der Waals surface area contributed by atoms with E-state index in [1.807, 2.05) is 6.66 Å². The van der Waals surface area contributed by atoms with Crippen LogP contribution in [0, 0.1) is 0 Å². The molecule has 0 aromatic heterocycles. The third-order valence-electron chi connectivity index (χ3n) is 0.115. The topological polar surface area (TPSA) is 20.2 Å². The van der Waals surface area contributed by atoms with Crippen LogP contribution in [0.1, 0.15) is 0 Å². The van der Waals surface area contributed by atoms with E-state index in [0.717, 1.165) is 14.9 Å². The van der Waals surface area contributed by atoms with Crippen LogP contribution in [0.2, 0.25) is 0 Å². The van der Waals surface area contributed by atoms with Crippen molar-refractivity contribution in [3.63, 3.8) is 0 Å². The van der Waals surface area contributed by atoms with Gasteiger partial charge in [-0.1, -0.05) is 0 Å². The zero-order valence-electron chi connectivity index (χ0n) is 2.47. The number of hydrogen-bond donors (Lipinski definition) is 1. The van der Waals surface area contributed by atoms with Crippen LogP contribution < -0.4 is 0 Å².